The van der Waals surface area contributed by atoms with Crippen LogP contribution in [0.3, 0.4) is 0 Å². The van der Waals surface area contributed by atoms with Crippen molar-refractivity contribution in [3.05, 3.63) is 35.1 Å². The first-order chi connectivity index (χ1) is 6.57. The van der Waals surface area contributed by atoms with Crippen molar-refractivity contribution >= 4 is 0 Å². The molecule has 78 valence electrons. The van der Waals surface area contributed by atoms with Gasteiger partial charge in [0.2, 0.25) is 0 Å². The van der Waals surface area contributed by atoms with Gasteiger partial charge in [0, 0.05) is 0 Å². The van der Waals surface area contributed by atoms with Crippen LogP contribution in [-0.2, 0) is 0 Å². The number of rotatable bonds is 3. The zero-order chi connectivity index (χ0) is 10.7. The van der Waals surface area contributed by atoms with E-state index in [1.165, 1.54) is 6.07 Å². The summed E-state index contributed by atoms with van der Waals surface area (Å²) in [5, 5.41) is 0. The molecule has 1 nitrogen and oxygen atoms in total. The highest BCUT2D eigenvalue weighted by atomic mass is 19.1. The molecule has 1 aromatic rings. The molecule has 0 saturated carbocycles. The number of nitrogens with two attached hydrogens (primary N) is 1. The molecule has 2 heteroatoms. The van der Waals surface area contributed by atoms with Gasteiger partial charge in [-0.2, -0.15) is 0 Å². The van der Waals surface area contributed by atoms with Crippen LogP contribution in [0.25, 0.3) is 0 Å². The summed E-state index contributed by atoms with van der Waals surface area (Å²) in [7, 11) is 0. The lowest BCUT2D eigenvalue weighted by molar-refractivity contribution is 0.499. The molecule has 1 rings (SSSR count). The maximum atomic E-state index is 13.3. The van der Waals surface area contributed by atoms with Gasteiger partial charge in [-0.1, -0.05) is 26.0 Å². The van der Waals surface area contributed by atoms with E-state index in [-0.39, 0.29) is 11.7 Å². The van der Waals surface area contributed by atoms with Crippen LogP contribution in [0.2, 0.25) is 0 Å². The standard InChI is InChI=1S/C12H18FN/c1-8(2)11(7-14)10-5-4-6-12(13)9(10)3/h4-6,8,11H,7,14H2,1-3H3. The summed E-state index contributed by atoms with van der Waals surface area (Å²) >= 11 is 0. The molecule has 1 aromatic carbocycles. The van der Waals surface area contributed by atoms with E-state index in [2.05, 4.69) is 13.8 Å². The number of halogens is 1. The summed E-state index contributed by atoms with van der Waals surface area (Å²) < 4.78 is 13.3. The minimum Gasteiger partial charge on any atom is -0.330 e. The lowest BCUT2D eigenvalue weighted by Crippen LogP contribution is -2.19. The van der Waals surface area contributed by atoms with Crippen LogP contribution < -0.4 is 5.73 Å². The van der Waals surface area contributed by atoms with Gasteiger partial charge >= 0.3 is 0 Å². The predicted molar refractivity (Wildman–Crippen MR) is 57.8 cm³/mol. The summed E-state index contributed by atoms with van der Waals surface area (Å²) in [5.74, 6) is 0.563. The largest absolute Gasteiger partial charge is 0.330 e. The van der Waals surface area contributed by atoms with Gasteiger partial charge in [0.15, 0.2) is 0 Å². The Morgan fingerprint density at radius 3 is 2.50 bits per heavy atom. The Hall–Kier alpha value is -0.890. The highest BCUT2D eigenvalue weighted by Gasteiger charge is 2.17. The third-order valence-electron chi connectivity index (χ3n) is 2.77. The van der Waals surface area contributed by atoms with Crippen molar-refractivity contribution in [1.29, 1.82) is 0 Å². The second-order valence-corrected chi connectivity index (χ2v) is 4.04. The van der Waals surface area contributed by atoms with E-state index in [1.807, 2.05) is 13.0 Å². The number of hydrogen-bond donors (Lipinski definition) is 1. The fourth-order valence-electron chi connectivity index (χ4n) is 1.78. The fourth-order valence-corrected chi connectivity index (χ4v) is 1.78. The third-order valence-corrected chi connectivity index (χ3v) is 2.77. The van der Waals surface area contributed by atoms with Crippen molar-refractivity contribution < 1.29 is 4.39 Å². The predicted octanol–water partition coefficient (Wildman–Crippen LogP) is 2.83. The Balaban J connectivity index is 3.10. The van der Waals surface area contributed by atoms with Gasteiger partial charge in [0.25, 0.3) is 0 Å². The quantitative estimate of drug-likeness (QED) is 0.788. The summed E-state index contributed by atoms with van der Waals surface area (Å²) in [6, 6.07) is 5.21. The van der Waals surface area contributed by atoms with Crippen molar-refractivity contribution in [3.8, 4) is 0 Å². The first-order valence-electron chi connectivity index (χ1n) is 5.03. The van der Waals surface area contributed by atoms with Gasteiger partial charge in [0.05, 0.1) is 0 Å². The van der Waals surface area contributed by atoms with Gasteiger partial charge < -0.3 is 5.73 Å². The Bertz CT molecular complexity index is 307. The van der Waals surface area contributed by atoms with Crippen LogP contribution in [0.15, 0.2) is 18.2 Å². The Morgan fingerprint density at radius 1 is 1.36 bits per heavy atom. The maximum absolute atomic E-state index is 13.3. The third kappa shape index (κ3) is 2.13. The van der Waals surface area contributed by atoms with Gasteiger partial charge in [-0.3, -0.25) is 0 Å². The highest BCUT2D eigenvalue weighted by molar-refractivity contribution is 5.31. The molecule has 0 spiro atoms. The fraction of sp³-hybridized carbons (Fsp3) is 0.500. The molecule has 0 heterocycles. The molecular weight excluding hydrogens is 177 g/mol. The van der Waals surface area contributed by atoms with Crippen LogP contribution >= 0.6 is 0 Å². The Morgan fingerprint density at radius 2 is 2.00 bits per heavy atom. The first-order valence-corrected chi connectivity index (χ1v) is 5.03. The zero-order valence-electron chi connectivity index (χ0n) is 9.05. The van der Waals surface area contributed by atoms with Crippen LogP contribution in [0.5, 0.6) is 0 Å². The minimum absolute atomic E-state index is 0.137. The van der Waals surface area contributed by atoms with Gasteiger partial charge in [-0.15, -0.1) is 0 Å². The van der Waals surface area contributed by atoms with Crippen LogP contribution in [-0.4, -0.2) is 6.54 Å². The van der Waals surface area contributed by atoms with Gasteiger partial charge in [0.1, 0.15) is 5.82 Å². The smallest absolute Gasteiger partial charge is 0.126 e. The molecule has 1 atom stereocenters. The molecule has 0 aromatic heterocycles. The van der Waals surface area contributed by atoms with E-state index in [0.29, 0.717) is 12.5 Å². The minimum atomic E-state index is -0.137. The van der Waals surface area contributed by atoms with Crippen LogP contribution in [0.1, 0.15) is 30.9 Å². The monoisotopic (exact) mass is 195 g/mol. The van der Waals surface area contributed by atoms with Crippen molar-refractivity contribution in [1.82, 2.24) is 0 Å². The lowest BCUT2D eigenvalue weighted by Gasteiger charge is -2.21. The van der Waals surface area contributed by atoms with E-state index in [0.717, 1.165) is 11.1 Å². The van der Waals surface area contributed by atoms with Gasteiger partial charge in [-0.05, 0) is 42.5 Å². The topological polar surface area (TPSA) is 26.0 Å². The van der Waals surface area contributed by atoms with Crippen molar-refractivity contribution in [2.75, 3.05) is 6.54 Å². The molecule has 0 bridgehead atoms. The molecular formula is C12H18FN. The summed E-state index contributed by atoms with van der Waals surface area (Å²) in [6.45, 7) is 6.61. The molecule has 0 amide bonds. The van der Waals surface area contributed by atoms with Crippen LogP contribution in [0.4, 0.5) is 4.39 Å². The van der Waals surface area contributed by atoms with Crippen molar-refractivity contribution in [3.63, 3.8) is 0 Å². The van der Waals surface area contributed by atoms with E-state index in [4.69, 9.17) is 5.73 Å². The SMILES string of the molecule is Cc1c(F)cccc1C(CN)C(C)C. The average molecular weight is 195 g/mol. The van der Waals surface area contributed by atoms with Crippen molar-refractivity contribution in [2.45, 2.75) is 26.7 Å². The summed E-state index contributed by atoms with van der Waals surface area (Å²) in [4.78, 5) is 0. The average Bonchev–Trinajstić information content (AvgIpc) is 2.13. The van der Waals surface area contributed by atoms with E-state index in [9.17, 15) is 4.39 Å². The number of hydrogen-bond acceptors (Lipinski definition) is 1. The van der Waals surface area contributed by atoms with Crippen molar-refractivity contribution in [2.24, 2.45) is 11.7 Å². The normalized spacial score (nSPS) is 13.3. The second kappa shape index (κ2) is 4.56. The summed E-state index contributed by atoms with van der Waals surface area (Å²) in [6.07, 6.45) is 0. The molecule has 0 aliphatic carbocycles. The molecule has 0 fully saturated rings. The molecule has 0 aliphatic rings. The molecule has 0 aliphatic heterocycles. The van der Waals surface area contributed by atoms with Crippen LogP contribution in [0, 0.1) is 18.7 Å². The maximum Gasteiger partial charge on any atom is 0.126 e. The second-order valence-electron chi connectivity index (χ2n) is 4.04. The molecule has 1 unspecified atom stereocenters. The lowest BCUT2D eigenvalue weighted by atomic mass is 9.86. The Kier molecular flexibility index (Phi) is 3.64. The van der Waals surface area contributed by atoms with Gasteiger partial charge in [-0.25, -0.2) is 4.39 Å². The van der Waals surface area contributed by atoms with E-state index >= 15 is 0 Å². The number of benzene rings is 1. The Labute approximate surface area is 85.1 Å². The molecule has 14 heavy (non-hydrogen) atoms. The molecule has 0 radical (unpaired) electrons. The van der Waals surface area contributed by atoms with E-state index < -0.39 is 0 Å². The molecule has 2 N–H and O–H groups in total. The summed E-state index contributed by atoms with van der Waals surface area (Å²) in [5.41, 5.74) is 7.48. The van der Waals surface area contributed by atoms with E-state index in [1.54, 1.807) is 6.07 Å². The first kappa shape index (κ1) is 11.2. The highest BCUT2D eigenvalue weighted by Crippen LogP contribution is 2.27. The molecule has 0 saturated heterocycles. The zero-order valence-corrected chi connectivity index (χ0v) is 9.05.